The second-order valence-electron chi connectivity index (χ2n) is 6.51. The van der Waals surface area contributed by atoms with Crippen LogP contribution in [0.15, 0.2) is 53.0 Å². The number of amides is 1. The molecule has 0 radical (unpaired) electrons. The Morgan fingerprint density at radius 2 is 1.83 bits per heavy atom. The number of halogens is 1. The Bertz CT molecular complexity index is 692. The van der Waals surface area contributed by atoms with Gasteiger partial charge in [-0.2, -0.15) is 0 Å². The van der Waals surface area contributed by atoms with Crippen molar-refractivity contribution in [3.8, 4) is 5.75 Å². The molecule has 2 rings (SSSR count). The lowest BCUT2D eigenvalue weighted by atomic mass is 9.86. The van der Waals surface area contributed by atoms with Gasteiger partial charge in [-0.1, -0.05) is 61.0 Å². The Labute approximate surface area is 146 Å². The average Bonchev–Trinajstić information content (AvgIpc) is 2.46. The van der Waals surface area contributed by atoms with Crippen LogP contribution in [0.2, 0.25) is 0 Å². The van der Waals surface area contributed by atoms with Crippen molar-refractivity contribution >= 4 is 27.5 Å². The third kappa shape index (κ3) is 4.83. The molecule has 0 aliphatic rings. The number of hydrogen-bond donors (Lipinski definition) is 1. The van der Waals surface area contributed by atoms with Crippen molar-refractivity contribution in [1.29, 1.82) is 0 Å². The normalized spacial score (nSPS) is 12.6. The average molecular weight is 376 g/mol. The van der Waals surface area contributed by atoms with Crippen LogP contribution in [-0.4, -0.2) is 12.0 Å². The number of hydrogen-bond acceptors (Lipinski definition) is 2. The van der Waals surface area contributed by atoms with Gasteiger partial charge in [-0.3, -0.25) is 4.79 Å². The van der Waals surface area contributed by atoms with Gasteiger partial charge in [0, 0.05) is 10.2 Å². The topological polar surface area (TPSA) is 38.3 Å². The maximum Gasteiger partial charge on any atom is 0.265 e. The van der Waals surface area contributed by atoms with Gasteiger partial charge in [0.25, 0.3) is 5.91 Å². The third-order valence-electron chi connectivity index (χ3n) is 3.46. The predicted molar refractivity (Wildman–Crippen MR) is 98.0 cm³/mol. The fourth-order valence-corrected chi connectivity index (χ4v) is 2.64. The number of carbonyl (C=O) groups is 1. The highest BCUT2D eigenvalue weighted by Crippen LogP contribution is 2.31. The maximum absolute atomic E-state index is 12.3. The van der Waals surface area contributed by atoms with E-state index in [-0.39, 0.29) is 11.3 Å². The molecule has 0 heterocycles. The quantitative estimate of drug-likeness (QED) is 0.801. The predicted octanol–water partition coefficient (Wildman–Crippen LogP) is 5.15. The summed E-state index contributed by atoms with van der Waals surface area (Å²) in [6.07, 6.45) is -0.586. The standard InChI is InChI=1S/C19H22BrNO2/c1-13(18(22)21-15-9-7-8-14(20)12-15)23-17-11-6-5-10-16(17)19(2,3)4/h5-13H,1-4H3,(H,21,22). The summed E-state index contributed by atoms with van der Waals surface area (Å²) in [5, 5.41) is 2.87. The van der Waals surface area contributed by atoms with Gasteiger partial charge >= 0.3 is 0 Å². The number of anilines is 1. The van der Waals surface area contributed by atoms with Gasteiger partial charge in [0.2, 0.25) is 0 Å². The molecule has 0 saturated carbocycles. The molecule has 0 bridgehead atoms. The zero-order valence-corrected chi connectivity index (χ0v) is 15.5. The minimum absolute atomic E-state index is 0.0446. The van der Waals surface area contributed by atoms with Crippen LogP contribution in [0, 0.1) is 0 Å². The molecular weight excluding hydrogens is 354 g/mol. The summed E-state index contributed by atoms with van der Waals surface area (Å²) in [6, 6.07) is 15.3. The van der Waals surface area contributed by atoms with E-state index < -0.39 is 6.10 Å². The van der Waals surface area contributed by atoms with Crippen molar-refractivity contribution in [1.82, 2.24) is 0 Å². The molecular formula is C19H22BrNO2. The molecule has 1 N–H and O–H groups in total. The minimum Gasteiger partial charge on any atom is -0.481 e. The number of para-hydroxylation sites is 1. The highest BCUT2D eigenvalue weighted by atomic mass is 79.9. The van der Waals surface area contributed by atoms with Crippen LogP contribution in [0.5, 0.6) is 5.75 Å². The van der Waals surface area contributed by atoms with Crippen LogP contribution in [-0.2, 0) is 10.2 Å². The van der Waals surface area contributed by atoms with Crippen LogP contribution in [0.25, 0.3) is 0 Å². The number of benzene rings is 2. The van der Waals surface area contributed by atoms with E-state index in [4.69, 9.17) is 4.74 Å². The molecule has 2 aromatic carbocycles. The molecule has 0 aliphatic carbocycles. The van der Waals surface area contributed by atoms with Crippen molar-refractivity contribution in [3.05, 3.63) is 58.6 Å². The SMILES string of the molecule is CC(Oc1ccccc1C(C)(C)C)C(=O)Nc1cccc(Br)c1. The van der Waals surface area contributed by atoms with Gasteiger partial charge in [0.15, 0.2) is 6.10 Å². The molecule has 0 aromatic heterocycles. The van der Waals surface area contributed by atoms with E-state index >= 15 is 0 Å². The van der Waals surface area contributed by atoms with Gasteiger partial charge < -0.3 is 10.1 Å². The zero-order valence-electron chi connectivity index (χ0n) is 13.9. The lowest BCUT2D eigenvalue weighted by molar-refractivity contribution is -0.122. The van der Waals surface area contributed by atoms with E-state index in [0.29, 0.717) is 0 Å². The van der Waals surface area contributed by atoms with E-state index in [1.165, 1.54) is 0 Å². The molecule has 2 aromatic rings. The van der Waals surface area contributed by atoms with Crippen molar-refractivity contribution in [2.45, 2.75) is 39.2 Å². The van der Waals surface area contributed by atoms with Crippen molar-refractivity contribution in [2.24, 2.45) is 0 Å². The van der Waals surface area contributed by atoms with E-state index in [9.17, 15) is 4.79 Å². The highest BCUT2D eigenvalue weighted by Gasteiger charge is 2.22. The summed E-state index contributed by atoms with van der Waals surface area (Å²) in [4.78, 5) is 12.3. The molecule has 4 heteroatoms. The molecule has 0 spiro atoms. The second-order valence-corrected chi connectivity index (χ2v) is 7.42. The molecule has 0 aliphatic heterocycles. The van der Waals surface area contributed by atoms with Crippen LogP contribution in [0.1, 0.15) is 33.3 Å². The first kappa shape index (κ1) is 17.5. The Balaban J connectivity index is 2.10. The van der Waals surface area contributed by atoms with E-state index in [0.717, 1.165) is 21.5 Å². The first-order valence-corrected chi connectivity index (χ1v) is 8.39. The van der Waals surface area contributed by atoms with Crippen molar-refractivity contribution in [2.75, 3.05) is 5.32 Å². The summed E-state index contributed by atoms with van der Waals surface area (Å²) in [6.45, 7) is 8.14. The van der Waals surface area contributed by atoms with Gasteiger partial charge in [-0.15, -0.1) is 0 Å². The molecule has 122 valence electrons. The molecule has 1 atom stereocenters. The second kappa shape index (κ2) is 7.18. The summed E-state index contributed by atoms with van der Waals surface area (Å²) in [7, 11) is 0. The monoisotopic (exact) mass is 375 g/mol. The largest absolute Gasteiger partial charge is 0.481 e. The summed E-state index contributed by atoms with van der Waals surface area (Å²) in [5.74, 6) is 0.573. The zero-order chi connectivity index (χ0) is 17.0. The van der Waals surface area contributed by atoms with Crippen molar-refractivity contribution < 1.29 is 9.53 Å². The number of rotatable bonds is 4. The number of ether oxygens (including phenoxy) is 1. The first-order valence-electron chi connectivity index (χ1n) is 7.60. The lowest BCUT2D eigenvalue weighted by Gasteiger charge is -2.24. The Kier molecular flexibility index (Phi) is 5.47. The number of nitrogens with one attached hydrogen (secondary N) is 1. The smallest absolute Gasteiger partial charge is 0.265 e. The Hall–Kier alpha value is -1.81. The van der Waals surface area contributed by atoms with Gasteiger partial charge in [0.1, 0.15) is 5.75 Å². The fourth-order valence-electron chi connectivity index (χ4n) is 2.24. The third-order valence-corrected chi connectivity index (χ3v) is 3.95. The number of carbonyl (C=O) groups excluding carboxylic acids is 1. The maximum atomic E-state index is 12.3. The summed E-state index contributed by atoms with van der Waals surface area (Å²) < 4.78 is 6.83. The molecule has 1 unspecified atom stereocenters. The van der Waals surface area contributed by atoms with Crippen LogP contribution in [0.3, 0.4) is 0 Å². The Morgan fingerprint density at radius 3 is 2.48 bits per heavy atom. The van der Waals surface area contributed by atoms with Crippen molar-refractivity contribution in [3.63, 3.8) is 0 Å². The first-order chi connectivity index (χ1) is 10.8. The minimum atomic E-state index is -0.586. The molecule has 3 nitrogen and oxygen atoms in total. The summed E-state index contributed by atoms with van der Waals surface area (Å²) >= 11 is 3.39. The molecule has 1 amide bonds. The van der Waals surface area contributed by atoms with E-state index in [1.54, 1.807) is 6.92 Å². The molecule has 0 saturated heterocycles. The van der Waals surface area contributed by atoms with Gasteiger partial charge in [-0.05, 0) is 42.2 Å². The van der Waals surface area contributed by atoms with Gasteiger partial charge in [0.05, 0.1) is 0 Å². The lowest BCUT2D eigenvalue weighted by Crippen LogP contribution is -2.31. The molecule has 0 fully saturated rings. The summed E-state index contributed by atoms with van der Waals surface area (Å²) in [5.41, 5.74) is 1.78. The fraction of sp³-hybridized carbons (Fsp3) is 0.316. The highest BCUT2D eigenvalue weighted by molar-refractivity contribution is 9.10. The van der Waals surface area contributed by atoms with Gasteiger partial charge in [-0.25, -0.2) is 0 Å². The van der Waals surface area contributed by atoms with E-state index in [2.05, 4.69) is 42.0 Å². The van der Waals surface area contributed by atoms with Crippen LogP contribution in [0.4, 0.5) is 5.69 Å². The Morgan fingerprint density at radius 1 is 1.13 bits per heavy atom. The van der Waals surface area contributed by atoms with Crippen LogP contribution < -0.4 is 10.1 Å². The molecule has 23 heavy (non-hydrogen) atoms. The van der Waals surface area contributed by atoms with E-state index in [1.807, 2.05) is 48.5 Å². The van der Waals surface area contributed by atoms with Crippen LogP contribution >= 0.6 is 15.9 Å².